The van der Waals surface area contributed by atoms with Gasteiger partial charge in [-0.3, -0.25) is 9.59 Å². The molecule has 106 valence electrons. The predicted molar refractivity (Wildman–Crippen MR) is 80.1 cm³/mol. The Hall–Kier alpha value is -2.40. The third-order valence-electron chi connectivity index (χ3n) is 4.36. The number of benzene rings is 2. The zero-order valence-corrected chi connectivity index (χ0v) is 11.5. The highest BCUT2D eigenvalue weighted by atomic mass is 16.2. The normalized spacial score (nSPS) is 18.0. The van der Waals surface area contributed by atoms with Crippen molar-refractivity contribution in [3.8, 4) is 0 Å². The van der Waals surface area contributed by atoms with Gasteiger partial charge in [-0.15, -0.1) is 0 Å². The molecule has 0 aliphatic carbocycles. The molecule has 2 amide bonds. The minimum atomic E-state index is -0.434. The minimum absolute atomic E-state index is 0.434. The second-order valence-electron chi connectivity index (χ2n) is 5.53. The van der Waals surface area contributed by atoms with Crippen LogP contribution in [0.2, 0.25) is 0 Å². The number of nitrogens with zero attached hydrogens (tertiary/aromatic N) is 2. The number of imide groups is 1. The van der Waals surface area contributed by atoms with Crippen molar-refractivity contribution < 1.29 is 9.59 Å². The fourth-order valence-corrected chi connectivity index (χ4v) is 3.33. The second kappa shape index (κ2) is 4.30. The lowest BCUT2D eigenvalue weighted by molar-refractivity contribution is 0.0610. The number of rotatable bonds is 1. The topological polar surface area (TPSA) is 66.6 Å². The zero-order chi connectivity index (χ0) is 14.6. The summed E-state index contributed by atoms with van der Waals surface area (Å²) in [5, 5.41) is 2.40. The second-order valence-corrected chi connectivity index (χ2v) is 5.53. The highest BCUT2D eigenvalue weighted by Crippen LogP contribution is 2.36. The number of nitrogens with two attached hydrogens (primary N) is 1. The minimum Gasteiger partial charge on any atom is -0.371 e. The van der Waals surface area contributed by atoms with Gasteiger partial charge in [-0.25, -0.2) is 10.9 Å². The molecule has 21 heavy (non-hydrogen) atoms. The first kappa shape index (κ1) is 12.3. The fraction of sp³-hybridized carbons (Fsp3) is 0.250. The number of carbonyl (C=O) groups excluding carboxylic acids is 2. The maximum absolute atomic E-state index is 12.2. The molecule has 0 radical (unpaired) electrons. The molecule has 1 saturated heterocycles. The van der Waals surface area contributed by atoms with Gasteiger partial charge >= 0.3 is 0 Å². The van der Waals surface area contributed by atoms with E-state index in [4.69, 9.17) is 5.84 Å². The fourth-order valence-electron chi connectivity index (χ4n) is 3.33. The molecule has 4 rings (SSSR count). The van der Waals surface area contributed by atoms with Crippen molar-refractivity contribution in [2.45, 2.75) is 12.8 Å². The van der Waals surface area contributed by atoms with E-state index in [0.29, 0.717) is 16.1 Å². The number of hydrogen-bond donors (Lipinski definition) is 1. The van der Waals surface area contributed by atoms with Crippen LogP contribution in [0.3, 0.4) is 0 Å². The molecule has 1 fully saturated rings. The summed E-state index contributed by atoms with van der Waals surface area (Å²) in [5.74, 6) is 4.73. The smallest absolute Gasteiger partial charge is 0.275 e. The molecule has 0 bridgehead atoms. The van der Waals surface area contributed by atoms with Crippen LogP contribution >= 0.6 is 0 Å². The SMILES string of the molecule is NN1C(=O)c2cccc3c(N4CCCC4)ccc(c23)C1=O. The molecule has 2 aliphatic rings. The first-order valence-electron chi connectivity index (χ1n) is 7.12. The van der Waals surface area contributed by atoms with Crippen molar-refractivity contribution in [2.24, 2.45) is 5.84 Å². The Bertz CT molecular complexity index is 756. The van der Waals surface area contributed by atoms with Crippen LogP contribution in [0.15, 0.2) is 30.3 Å². The van der Waals surface area contributed by atoms with Gasteiger partial charge in [-0.1, -0.05) is 12.1 Å². The predicted octanol–water partition coefficient (Wildman–Crippen LogP) is 1.91. The molecular weight excluding hydrogens is 266 g/mol. The van der Waals surface area contributed by atoms with Gasteiger partial charge in [0.05, 0.1) is 11.1 Å². The quantitative estimate of drug-likeness (QED) is 0.492. The van der Waals surface area contributed by atoms with Crippen LogP contribution in [0.4, 0.5) is 5.69 Å². The van der Waals surface area contributed by atoms with Crippen molar-refractivity contribution in [3.63, 3.8) is 0 Å². The molecule has 2 aromatic carbocycles. The van der Waals surface area contributed by atoms with Gasteiger partial charge in [0.25, 0.3) is 11.8 Å². The Morgan fingerprint density at radius 1 is 0.905 bits per heavy atom. The van der Waals surface area contributed by atoms with Gasteiger partial charge in [0, 0.05) is 29.5 Å². The zero-order valence-electron chi connectivity index (χ0n) is 11.5. The first-order valence-corrected chi connectivity index (χ1v) is 7.12. The molecular formula is C16H15N3O2. The molecule has 2 aromatic rings. The summed E-state index contributed by atoms with van der Waals surface area (Å²) in [6.07, 6.45) is 2.36. The standard InChI is InChI=1S/C16H15N3O2/c17-19-15(20)11-5-3-4-10-13(18-8-1-2-9-18)7-6-12(14(10)11)16(19)21/h3-7H,1-2,8-9,17H2. The van der Waals surface area contributed by atoms with E-state index in [2.05, 4.69) is 4.90 Å². The van der Waals surface area contributed by atoms with Crippen LogP contribution in [0.25, 0.3) is 10.8 Å². The number of amides is 2. The van der Waals surface area contributed by atoms with Crippen molar-refractivity contribution >= 4 is 28.3 Å². The first-order chi connectivity index (χ1) is 10.2. The number of carbonyl (C=O) groups is 2. The third kappa shape index (κ3) is 1.61. The van der Waals surface area contributed by atoms with E-state index in [0.717, 1.165) is 29.5 Å². The van der Waals surface area contributed by atoms with Gasteiger partial charge in [-0.05, 0) is 31.0 Å². The van der Waals surface area contributed by atoms with Crippen LogP contribution < -0.4 is 10.7 Å². The monoisotopic (exact) mass is 281 g/mol. The highest BCUT2D eigenvalue weighted by molar-refractivity contribution is 6.26. The summed E-state index contributed by atoms with van der Waals surface area (Å²) in [6, 6.07) is 9.31. The largest absolute Gasteiger partial charge is 0.371 e. The van der Waals surface area contributed by atoms with Crippen LogP contribution in [-0.2, 0) is 0 Å². The highest BCUT2D eigenvalue weighted by Gasteiger charge is 2.32. The van der Waals surface area contributed by atoms with Gasteiger partial charge in [-0.2, -0.15) is 0 Å². The van der Waals surface area contributed by atoms with Crippen LogP contribution in [-0.4, -0.2) is 29.9 Å². The number of anilines is 1. The Morgan fingerprint density at radius 2 is 1.57 bits per heavy atom. The molecule has 0 atom stereocenters. The molecule has 2 N–H and O–H groups in total. The molecule has 2 aliphatic heterocycles. The van der Waals surface area contributed by atoms with E-state index in [1.54, 1.807) is 12.1 Å². The molecule has 0 spiro atoms. The van der Waals surface area contributed by atoms with Crippen molar-refractivity contribution in [2.75, 3.05) is 18.0 Å². The Kier molecular flexibility index (Phi) is 2.53. The Morgan fingerprint density at radius 3 is 2.29 bits per heavy atom. The summed E-state index contributed by atoms with van der Waals surface area (Å²) >= 11 is 0. The summed E-state index contributed by atoms with van der Waals surface area (Å²) in [7, 11) is 0. The van der Waals surface area contributed by atoms with Gasteiger partial charge < -0.3 is 4.90 Å². The van der Waals surface area contributed by atoms with Crippen molar-refractivity contribution in [1.29, 1.82) is 0 Å². The van der Waals surface area contributed by atoms with Crippen LogP contribution in [0, 0.1) is 0 Å². The van der Waals surface area contributed by atoms with Gasteiger partial charge in [0.1, 0.15) is 0 Å². The molecule has 0 unspecified atom stereocenters. The summed E-state index contributed by atoms with van der Waals surface area (Å²) in [4.78, 5) is 26.7. The summed E-state index contributed by atoms with van der Waals surface area (Å²) in [5.41, 5.74) is 2.11. The van der Waals surface area contributed by atoms with Gasteiger partial charge in [0.2, 0.25) is 0 Å². The lowest BCUT2D eigenvalue weighted by Gasteiger charge is -2.26. The van der Waals surface area contributed by atoms with E-state index >= 15 is 0 Å². The van der Waals surface area contributed by atoms with E-state index in [9.17, 15) is 9.59 Å². The average molecular weight is 281 g/mol. The number of hydrazine groups is 1. The maximum atomic E-state index is 12.2. The number of hydrogen-bond acceptors (Lipinski definition) is 4. The molecule has 0 saturated carbocycles. The Balaban J connectivity index is 2.04. The summed E-state index contributed by atoms with van der Waals surface area (Å²) in [6.45, 7) is 2.03. The van der Waals surface area contributed by atoms with E-state index in [-0.39, 0.29) is 0 Å². The average Bonchev–Trinajstić information content (AvgIpc) is 3.04. The molecule has 5 nitrogen and oxygen atoms in total. The van der Waals surface area contributed by atoms with E-state index < -0.39 is 11.8 Å². The van der Waals surface area contributed by atoms with E-state index in [1.165, 1.54) is 12.8 Å². The lowest BCUT2D eigenvalue weighted by Crippen LogP contribution is -2.45. The third-order valence-corrected chi connectivity index (χ3v) is 4.36. The van der Waals surface area contributed by atoms with Crippen LogP contribution in [0.5, 0.6) is 0 Å². The maximum Gasteiger partial charge on any atom is 0.275 e. The summed E-state index contributed by atoms with van der Waals surface area (Å²) < 4.78 is 0. The molecule has 5 heteroatoms. The van der Waals surface area contributed by atoms with Crippen molar-refractivity contribution in [3.05, 3.63) is 41.5 Å². The molecule has 0 aromatic heterocycles. The lowest BCUT2D eigenvalue weighted by atomic mass is 9.93. The Labute approximate surface area is 121 Å². The van der Waals surface area contributed by atoms with Gasteiger partial charge in [0.15, 0.2) is 0 Å². The molecule has 2 heterocycles. The van der Waals surface area contributed by atoms with E-state index in [1.807, 2.05) is 18.2 Å². The van der Waals surface area contributed by atoms with Crippen LogP contribution in [0.1, 0.15) is 33.6 Å². The van der Waals surface area contributed by atoms with Crippen molar-refractivity contribution in [1.82, 2.24) is 5.01 Å².